The zero-order valence-corrected chi connectivity index (χ0v) is 18.7. The van der Waals surface area contributed by atoms with Crippen LogP contribution >= 0.6 is 11.6 Å². The van der Waals surface area contributed by atoms with Crippen LogP contribution in [-0.4, -0.2) is 29.6 Å². The van der Waals surface area contributed by atoms with Crippen molar-refractivity contribution in [2.75, 3.05) is 25.0 Å². The lowest BCUT2D eigenvalue weighted by Crippen LogP contribution is -2.29. The van der Waals surface area contributed by atoms with Gasteiger partial charge in [-0.3, -0.25) is 0 Å². The fraction of sp³-hybridized carbons (Fsp3) is 0.360. The van der Waals surface area contributed by atoms with Crippen LogP contribution in [0.3, 0.4) is 0 Å². The van der Waals surface area contributed by atoms with Crippen molar-refractivity contribution in [2.45, 2.75) is 32.6 Å². The quantitative estimate of drug-likeness (QED) is 0.336. The Hall–Kier alpha value is -2.63. The maximum atomic E-state index is 5.72. The van der Waals surface area contributed by atoms with Crippen molar-refractivity contribution in [1.82, 2.24) is 15.3 Å². The monoisotopic (exact) mass is 436 g/mol. The van der Waals surface area contributed by atoms with Crippen LogP contribution in [0.4, 0.5) is 5.69 Å². The number of pyridine rings is 2. The summed E-state index contributed by atoms with van der Waals surface area (Å²) in [7, 11) is 0. The Kier molecular flexibility index (Phi) is 7.39. The number of hydrogen-bond acceptors (Lipinski definition) is 5. The highest BCUT2D eigenvalue weighted by molar-refractivity contribution is 6.25. The van der Waals surface area contributed by atoms with Crippen LogP contribution in [-0.2, 0) is 0 Å². The van der Waals surface area contributed by atoms with E-state index in [1.54, 1.807) is 13.1 Å². The fourth-order valence-corrected chi connectivity index (χ4v) is 4.11. The first-order valence-corrected chi connectivity index (χ1v) is 11.4. The molecule has 2 aromatic heterocycles. The number of allylic oxidation sites excluding steroid dienone is 1. The molecule has 0 amide bonds. The van der Waals surface area contributed by atoms with Gasteiger partial charge in [-0.1, -0.05) is 29.8 Å². The number of anilines is 1. The first-order valence-electron chi connectivity index (χ1n) is 11.0. The summed E-state index contributed by atoms with van der Waals surface area (Å²) in [5.41, 5.74) is 5.31. The molecule has 2 N–H and O–H groups in total. The van der Waals surface area contributed by atoms with Gasteiger partial charge < -0.3 is 15.4 Å². The number of benzene rings is 1. The van der Waals surface area contributed by atoms with E-state index in [0.29, 0.717) is 11.6 Å². The molecule has 3 aromatic rings. The fourth-order valence-electron chi connectivity index (χ4n) is 4.07. The lowest BCUT2D eigenvalue weighted by atomic mass is 9.95. The summed E-state index contributed by atoms with van der Waals surface area (Å²) in [4.78, 5) is 9.15. The molecule has 4 rings (SSSR count). The van der Waals surface area contributed by atoms with Crippen molar-refractivity contribution in [3.8, 4) is 17.1 Å². The number of para-hydroxylation sites is 1. The van der Waals surface area contributed by atoms with E-state index in [1.165, 1.54) is 31.3 Å². The number of fused-ring (bicyclic) bond motifs is 1. The summed E-state index contributed by atoms with van der Waals surface area (Å²) in [5, 5.41) is 8.30. The minimum atomic E-state index is 0.498. The van der Waals surface area contributed by atoms with E-state index in [-0.39, 0.29) is 0 Å². The molecule has 3 heterocycles. The van der Waals surface area contributed by atoms with E-state index in [9.17, 15) is 0 Å². The van der Waals surface area contributed by atoms with Crippen LogP contribution in [0.2, 0.25) is 0 Å². The molecule has 31 heavy (non-hydrogen) atoms. The topological polar surface area (TPSA) is 59.1 Å². The maximum absolute atomic E-state index is 5.72. The molecular formula is C25H29ClN4O. The second kappa shape index (κ2) is 10.6. The van der Waals surface area contributed by atoms with Crippen molar-refractivity contribution in [2.24, 2.45) is 5.92 Å². The van der Waals surface area contributed by atoms with Gasteiger partial charge in [-0.05, 0) is 69.8 Å². The predicted octanol–water partition coefficient (Wildman–Crippen LogP) is 5.97. The van der Waals surface area contributed by atoms with Crippen LogP contribution < -0.4 is 15.4 Å². The van der Waals surface area contributed by atoms with Crippen LogP contribution in [0.15, 0.2) is 60.0 Å². The van der Waals surface area contributed by atoms with Gasteiger partial charge in [0.1, 0.15) is 5.76 Å². The van der Waals surface area contributed by atoms with Crippen LogP contribution in [0.5, 0.6) is 5.88 Å². The lowest BCUT2D eigenvalue weighted by Gasteiger charge is -2.22. The molecule has 1 aliphatic heterocycles. The minimum absolute atomic E-state index is 0.498. The molecule has 5 nitrogen and oxygen atoms in total. The molecule has 1 atom stereocenters. The van der Waals surface area contributed by atoms with Gasteiger partial charge >= 0.3 is 0 Å². The first-order chi connectivity index (χ1) is 15.2. The number of aromatic nitrogens is 2. The van der Waals surface area contributed by atoms with E-state index >= 15 is 0 Å². The van der Waals surface area contributed by atoms with Gasteiger partial charge in [-0.2, -0.15) is 0 Å². The van der Waals surface area contributed by atoms with E-state index in [1.807, 2.05) is 18.2 Å². The number of nitrogens with zero attached hydrogens (tertiary/aromatic N) is 2. The van der Waals surface area contributed by atoms with Gasteiger partial charge in [-0.25, -0.2) is 9.97 Å². The van der Waals surface area contributed by atoms with E-state index < -0.39 is 0 Å². The Morgan fingerprint density at radius 1 is 1.29 bits per heavy atom. The van der Waals surface area contributed by atoms with Gasteiger partial charge in [0.05, 0.1) is 11.2 Å². The molecule has 0 radical (unpaired) electrons. The number of hydrogen-bond donors (Lipinski definition) is 2. The highest BCUT2D eigenvalue weighted by Gasteiger charge is 2.13. The predicted molar refractivity (Wildman–Crippen MR) is 129 cm³/mol. The van der Waals surface area contributed by atoms with Crippen LogP contribution in [0.1, 0.15) is 32.6 Å². The average Bonchev–Trinajstić information content (AvgIpc) is 2.82. The summed E-state index contributed by atoms with van der Waals surface area (Å²) < 4.78 is 5.65. The molecule has 1 unspecified atom stereocenters. The minimum Gasteiger partial charge on any atom is -0.443 e. The van der Waals surface area contributed by atoms with Crippen molar-refractivity contribution >= 4 is 28.2 Å². The third-order valence-corrected chi connectivity index (χ3v) is 5.98. The van der Waals surface area contributed by atoms with E-state index in [4.69, 9.17) is 21.3 Å². The van der Waals surface area contributed by atoms with E-state index in [0.717, 1.165) is 53.3 Å². The van der Waals surface area contributed by atoms with E-state index in [2.05, 4.69) is 39.9 Å². The zero-order chi connectivity index (χ0) is 21.5. The number of piperidine rings is 1. The van der Waals surface area contributed by atoms with Crippen LogP contribution in [0.25, 0.3) is 22.2 Å². The highest BCUT2D eigenvalue weighted by Crippen LogP contribution is 2.30. The number of nitrogens with one attached hydrogen (secondary N) is 2. The lowest BCUT2D eigenvalue weighted by molar-refractivity contribution is 0.353. The Morgan fingerprint density at radius 2 is 2.19 bits per heavy atom. The Bertz CT molecular complexity index is 1050. The second-order valence-corrected chi connectivity index (χ2v) is 8.28. The van der Waals surface area contributed by atoms with Gasteiger partial charge in [0, 0.05) is 41.0 Å². The van der Waals surface area contributed by atoms with Crippen LogP contribution in [0, 0.1) is 5.92 Å². The van der Waals surface area contributed by atoms with Gasteiger partial charge in [-0.15, -0.1) is 0 Å². The standard InChI is InChI=1S/C25H29ClN4O/c1-18(16-26)31-25-14-20(10-13-29-25)23-15-24(21-8-2-3-9-22(21)30-23)28-12-5-7-19-6-4-11-27-17-19/h2-3,8-10,13-16,19,27H,4-7,11-12,17H2,1H3,(H,28,30)/b18-16+. The Balaban J connectivity index is 1.53. The maximum Gasteiger partial charge on any atom is 0.219 e. The molecule has 1 fully saturated rings. The SMILES string of the molecule is C/C(=C\Cl)Oc1cc(-c2cc(NCCCC3CCCNC3)c3ccccc3n2)ccn1. The Labute approximate surface area is 188 Å². The zero-order valence-electron chi connectivity index (χ0n) is 17.9. The first kappa shape index (κ1) is 21.6. The largest absolute Gasteiger partial charge is 0.443 e. The summed E-state index contributed by atoms with van der Waals surface area (Å²) in [6.45, 7) is 5.08. The molecule has 1 aliphatic rings. The number of rotatable bonds is 8. The third-order valence-electron chi connectivity index (χ3n) is 5.67. The van der Waals surface area contributed by atoms with Crippen molar-refractivity contribution in [1.29, 1.82) is 0 Å². The summed E-state index contributed by atoms with van der Waals surface area (Å²) in [6, 6.07) is 14.2. The molecule has 6 heteroatoms. The molecule has 0 bridgehead atoms. The molecule has 0 aliphatic carbocycles. The van der Waals surface area contributed by atoms with Crippen molar-refractivity contribution < 1.29 is 4.74 Å². The molecular weight excluding hydrogens is 408 g/mol. The number of halogens is 1. The molecule has 162 valence electrons. The van der Waals surface area contributed by atoms with Crippen molar-refractivity contribution in [3.05, 3.63) is 60.0 Å². The number of ether oxygens (including phenoxy) is 1. The average molecular weight is 437 g/mol. The van der Waals surface area contributed by atoms with Gasteiger partial charge in [0.2, 0.25) is 5.88 Å². The molecule has 0 spiro atoms. The van der Waals surface area contributed by atoms with Gasteiger partial charge in [0.25, 0.3) is 0 Å². The molecule has 1 saturated heterocycles. The van der Waals surface area contributed by atoms with Gasteiger partial charge in [0.15, 0.2) is 0 Å². The Morgan fingerprint density at radius 3 is 3.03 bits per heavy atom. The third kappa shape index (κ3) is 5.75. The summed E-state index contributed by atoms with van der Waals surface area (Å²) in [5.74, 6) is 1.90. The molecule has 1 aromatic carbocycles. The normalized spacial score (nSPS) is 17.0. The summed E-state index contributed by atoms with van der Waals surface area (Å²) in [6.07, 6.45) is 6.80. The van der Waals surface area contributed by atoms with Crippen molar-refractivity contribution in [3.63, 3.8) is 0 Å². The highest BCUT2D eigenvalue weighted by atomic mass is 35.5. The smallest absolute Gasteiger partial charge is 0.219 e. The molecule has 0 saturated carbocycles. The summed E-state index contributed by atoms with van der Waals surface area (Å²) >= 11 is 5.72. The second-order valence-electron chi connectivity index (χ2n) is 8.06.